The third kappa shape index (κ3) is 1.93. The Morgan fingerprint density at radius 2 is 2.23 bits per heavy atom. The van der Waals surface area contributed by atoms with E-state index in [4.69, 9.17) is 4.62 Å². The number of likely N-dealkylation sites (tertiary alicyclic amines) is 1. The van der Waals surface area contributed by atoms with Crippen molar-refractivity contribution in [2.75, 3.05) is 20.1 Å². The predicted octanol–water partition coefficient (Wildman–Crippen LogP) is 0.546. The molecule has 74 valence electrons. The number of carbonyl (C=O) groups is 1. The first-order valence-electron chi connectivity index (χ1n) is 4.47. The molecule has 0 bridgehead atoms. The molecule has 1 N–H and O–H groups in total. The summed E-state index contributed by atoms with van der Waals surface area (Å²) >= 11 is 0. The monoisotopic (exact) mass is 203 g/mol. The third-order valence-electron chi connectivity index (χ3n) is 2.52. The zero-order chi connectivity index (χ0) is 9.26. The highest BCUT2D eigenvalue weighted by Gasteiger charge is 2.31. The normalized spacial score (nSPS) is 28.4. The van der Waals surface area contributed by atoms with Gasteiger partial charge < -0.3 is 4.90 Å². The van der Waals surface area contributed by atoms with E-state index in [1.165, 1.54) is 5.06 Å². The van der Waals surface area contributed by atoms with Crippen molar-refractivity contribution < 1.29 is 9.42 Å². The van der Waals surface area contributed by atoms with Crippen molar-refractivity contribution in [3.8, 4) is 0 Å². The second-order valence-corrected chi connectivity index (χ2v) is 4.12. The lowest BCUT2D eigenvalue weighted by molar-refractivity contribution is -0.0369. The van der Waals surface area contributed by atoms with Crippen LogP contribution in [0.4, 0.5) is 4.79 Å². The van der Waals surface area contributed by atoms with Crippen LogP contribution in [0.5, 0.6) is 0 Å². The molecule has 0 aliphatic carbocycles. The van der Waals surface area contributed by atoms with E-state index in [-0.39, 0.29) is 21.0 Å². The molecule has 1 atom stereocenters. The maximum absolute atomic E-state index is 11.2. The molecular formula is C7H14N3O2P. The molecule has 0 aromatic carbocycles. The first kappa shape index (κ1) is 9.19. The van der Waals surface area contributed by atoms with E-state index < -0.39 is 0 Å². The Morgan fingerprint density at radius 1 is 1.54 bits per heavy atom. The summed E-state index contributed by atoms with van der Waals surface area (Å²) in [5.74, 6) is 0. The quantitative estimate of drug-likeness (QED) is 0.633. The Kier molecular flexibility index (Phi) is 2.67. The van der Waals surface area contributed by atoms with Gasteiger partial charge in [0.15, 0.2) is 8.96 Å². The number of nitrogens with one attached hydrogen (secondary N) is 1. The van der Waals surface area contributed by atoms with Crippen molar-refractivity contribution in [3.63, 3.8) is 0 Å². The third-order valence-corrected chi connectivity index (χ3v) is 3.13. The number of amides is 2. The second kappa shape index (κ2) is 3.78. The Balaban J connectivity index is 1.90. The molecule has 2 saturated heterocycles. The van der Waals surface area contributed by atoms with Crippen molar-refractivity contribution in [1.82, 2.24) is 15.1 Å². The lowest BCUT2D eigenvalue weighted by Crippen LogP contribution is -2.44. The van der Waals surface area contributed by atoms with E-state index in [0.29, 0.717) is 0 Å². The van der Waals surface area contributed by atoms with Gasteiger partial charge in [-0.3, -0.25) is 5.09 Å². The minimum atomic E-state index is -0.0760. The fraction of sp³-hybridized carbons (Fsp3) is 0.857. The van der Waals surface area contributed by atoms with Gasteiger partial charge in [0.25, 0.3) is 0 Å². The molecule has 0 aromatic heterocycles. The maximum atomic E-state index is 11.2. The summed E-state index contributed by atoms with van der Waals surface area (Å²) in [6.07, 6.45) is 2.02. The lowest BCUT2D eigenvalue weighted by Gasteiger charge is -2.32. The maximum Gasteiger partial charge on any atom is 0.346 e. The molecule has 0 radical (unpaired) electrons. The van der Waals surface area contributed by atoms with Crippen LogP contribution >= 0.6 is 8.96 Å². The van der Waals surface area contributed by atoms with Gasteiger partial charge in [-0.25, -0.2) is 9.42 Å². The summed E-state index contributed by atoms with van der Waals surface area (Å²) in [7, 11) is 2.20. The number of nitrogens with zero attached hydrogens (tertiary/aromatic N) is 2. The van der Waals surface area contributed by atoms with Gasteiger partial charge in [-0.15, -0.1) is 0 Å². The summed E-state index contributed by atoms with van der Waals surface area (Å²) in [5.41, 5.74) is 0. The molecule has 2 heterocycles. The van der Waals surface area contributed by atoms with Crippen LogP contribution < -0.4 is 5.09 Å². The summed E-state index contributed by atoms with van der Waals surface area (Å²) in [4.78, 5) is 13.5. The van der Waals surface area contributed by atoms with Crippen LogP contribution in [-0.2, 0) is 4.62 Å². The van der Waals surface area contributed by atoms with Gasteiger partial charge >= 0.3 is 6.03 Å². The van der Waals surface area contributed by atoms with Crippen LogP contribution in [-0.4, -0.2) is 42.2 Å². The summed E-state index contributed by atoms with van der Waals surface area (Å²) in [5, 5.41) is 4.16. The lowest BCUT2D eigenvalue weighted by atomic mass is 10.1. The van der Waals surface area contributed by atoms with Gasteiger partial charge in [0, 0.05) is 0 Å². The molecule has 2 amide bonds. The molecule has 5 nitrogen and oxygen atoms in total. The Morgan fingerprint density at radius 3 is 2.77 bits per heavy atom. The van der Waals surface area contributed by atoms with E-state index in [1.54, 1.807) is 0 Å². The fourth-order valence-corrected chi connectivity index (χ4v) is 2.26. The van der Waals surface area contributed by atoms with Gasteiger partial charge in [-0.2, -0.15) is 5.06 Å². The largest absolute Gasteiger partial charge is 0.346 e. The van der Waals surface area contributed by atoms with Crippen LogP contribution in [0.1, 0.15) is 12.8 Å². The topological polar surface area (TPSA) is 44.8 Å². The van der Waals surface area contributed by atoms with E-state index in [0.717, 1.165) is 25.9 Å². The number of hydrogen-bond acceptors (Lipinski definition) is 3. The van der Waals surface area contributed by atoms with Crippen molar-refractivity contribution in [1.29, 1.82) is 0 Å². The average molecular weight is 203 g/mol. The minimum Gasteiger partial charge on any atom is -0.306 e. The number of piperidine rings is 1. The molecule has 6 heteroatoms. The molecule has 2 aliphatic rings. The predicted molar refractivity (Wildman–Crippen MR) is 50.3 cm³/mol. The average Bonchev–Trinajstić information content (AvgIpc) is 2.53. The Bertz CT molecular complexity index is 206. The summed E-state index contributed by atoms with van der Waals surface area (Å²) in [6.45, 7) is 2.09. The number of carbonyl (C=O) groups excluding carboxylic acids is 1. The minimum absolute atomic E-state index is 0.0760. The smallest absolute Gasteiger partial charge is 0.306 e. The Hall–Kier alpha value is -0.380. The fourth-order valence-electron chi connectivity index (χ4n) is 1.68. The van der Waals surface area contributed by atoms with Crippen molar-refractivity contribution in [2.24, 2.45) is 0 Å². The van der Waals surface area contributed by atoms with E-state index in [1.807, 2.05) is 0 Å². The van der Waals surface area contributed by atoms with Gasteiger partial charge in [-0.05, 0) is 33.0 Å². The van der Waals surface area contributed by atoms with Crippen LogP contribution in [0.25, 0.3) is 0 Å². The van der Waals surface area contributed by atoms with Crippen molar-refractivity contribution in [3.05, 3.63) is 0 Å². The SMILES string of the molecule is CN1CCC(N2OPNC2=O)CC1. The van der Waals surface area contributed by atoms with Crippen LogP contribution in [0.3, 0.4) is 0 Å². The van der Waals surface area contributed by atoms with Gasteiger partial charge in [0.2, 0.25) is 0 Å². The zero-order valence-corrected chi connectivity index (χ0v) is 8.62. The molecule has 0 aromatic rings. The molecule has 0 spiro atoms. The highest BCUT2D eigenvalue weighted by molar-refractivity contribution is 7.31. The van der Waals surface area contributed by atoms with Crippen LogP contribution in [0.15, 0.2) is 0 Å². The molecular weight excluding hydrogens is 189 g/mol. The van der Waals surface area contributed by atoms with Gasteiger partial charge in [-0.1, -0.05) is 0 Å². The molecule has 2 aliphatic heterocycles. The van der Waals surface area contributed by atoms with Crippen LogP contribution in [0.2, 0.25) is 0 Å². The molecule has 1 unspecified atom stereocenters. The standard InChI is InChI=1S/C7H14N3O2P/c1-9-4-2-6(3-5-9)10-7(11)8-13-12-10/h6,13H,2-5H2,1H3,(H,8,11). The molecule has 13 heavy (non-hydrogen) atoms. The highest BCUT2D eigenvalue weighted by atomic mass is 31.1. The summed E-state index contributed by atoms with van der Waals surface area (Å²) in [6, 6.07) is 0.194. The Labute approximate surface area is 79.3 Å². The summed E-state index contributed by atoms with van der Waals surface area (Å²) < 4.78 is 5.22. The molecule has 0 saturated carbocycles. The number of urea groups is 1. The zero-order valence-electron chi connectivity index (χ0n) is 7.62. The van der Waals surface area contributed by atoms with Gasteiger partial charge in [0.05, 0.1) is 6.04 Å². The number of hydroxylamine groups is 2. The second-order valence-electron chi connectivity index (χ2n) is 3.48. The number of hydrogen-bond donors (Lipinski definition) is 1. The van der Waals surface area contributed by atoms with E-state index in [2.05, 4.69) is 17.0 Å². The van der Waals surface area contributed by atoms with Crippen LogP contribution in [0, 0.1) is 0 Å². The first-order chi connectivity index (χ1) is 6.27. The molecule has 2 rings (SSSR count). The number of rotatable bonds is 1. The van der Waals surface area contributed by atoms with Crippen molar-refractivity contribution >= 4 is 15.0 Å². The highest BCUT2D eigenvalue weighted by Crippen LogP contribution is 2.25. The van der Waals surface area contributed by atoms with E-state index >= 15 is 0 Å². The van der Waals surface area contributed by atoms with Crippen molar-refractivity contribution in [2.45, 2.75) is 18.9 Å². The van der Waals surface area contributed by atoms with Gasteiger partial charge in [0.1, 0.15) is 0 Å². The van der Waals surface area contributed by atoms with E-state index in [9.17, 15) is 4.79 Å². The first-order valence-corrected chi connectivity index (χ1v) is 5.38. The molecule has 2 fully saturated rings.